The smallest absolute Gasteiger partial charge is 0.261 e. The lowest BCUT2D eigenvalue weighted by atomic mass is 9.97. The molecule has 2 saturated heterocycles. The van der Waals surface area contributed by atoms with Crippen molar-refractivity contribution in [2.45, 2.75) is 38.8 Å². The van der Waals surface area contributed by atoms with E-state index in [0.717, 1.165) is 0 Å². The van der Waals surface area contributed by atoms with Gasteiger partial charge in [-0.2, -0.15) is 0 Å². The topological polar surface area (TPSA) is 132 Å². The SMILES string of the molecule is COc1cc(OCC(=O)N2C[C@H]3[C@@H](C2C(=O)N[C@H](C=O)C[C@@H]2CCNC2=O)C3(C)C)cc(OC)c1OC. The van der Waals surface area contributed by atoms with Gasteiger partial charge in [-0.1, -0.05) is 13.8 Å². The van der Waals surface area contributed by atoms with E-state index < -0.39 is 12.1 Å². The van der Waals surface area contributed by atoms with Gasteiger partial charge in [0.15, 0.2) is 18.1 Å². The van der Waals surface area contributed by atoms with Gasteiger partial charge in [-0.3, -0.25) is 14.4 Å². The molecule has 2 N–H and O–H groups in total. The standard InChI is InChI=1S/C26H35N3O8/c1-26(2)17-11-29(20(31)13-37-16-9-18(34-3)23(36-5)19(10-16)35-4)22(21(17)26)25(33)28-15(12-30)8-14-6-7-27-24(14)32/h9-10,12,14-15,17,21-22H,6-8,11,13H2,1-5H3,(H,27,32)(H,28,33)/t14-,15-,17-,21-,22?/m0/s1. The first kappa shape index (κ1) is 26.6. The quantitative estimate of drug-likeness (QED) is 0.412. The number of methoxy groups -OCH3 is 3. The Labute approximate surface area is 216 Å². The highest BCUT2D eigenvalue weighted by Gasteiger charge is 2.69. The van der Waals surface area contributed by atoms with Gasteiger partial charge in [0.2, 0.25) is 17.6 Å². The van der Waals surface area contributed by atoms with E-state index in [2.05, 4.69) is 24.5 Å². The van der Waals surface area contributed by atoms with Crippen molar-refractivity contribution in [1.82, 2.24) is 15.5 Å². The number of ether oxygens (including phenoxy) is 4. The van der Waals surface area contributed by atoms with Crippen LogP contribution in [0, 0.1) is 23.2 Å². The van der Waals surface area contributed by atoms with E-state index in [1.807, 2.05) is 0 Å². The third-order valence-corrected chi connectivity index (χ3v) is 7.99. The van der Waals surface area contributed by atoms with Gasteiger partial charge in [-0.15, -0.1) is 0 Å². The number of fused-ring (bicyclic) bond motifs is 1. The van der Waals surface area contributed by atoms with Gasteiger partial charge in [0.05, 0.1) is 27.4 Å². The number of nitrogens with one attached hydrogen (secondary N) is 2. The van der Waals surface area contributed by atoms with Crippen LogP contribution in [0.15, 0.2) is 12.1 Å². The Morgan fingerprint density at radius 3 is 2.41 bits per heavy atom. The summed E-state index contributed by atoms with van der Waals surface area (Å²) >= 11 is 0. The third-order valence-electron chi connectivity index (χ3n) is 7.99. The van der Waals surface area contributed by atoms with Crippen LogP contribution >= 0.6 is 0 Å². The van der Waals surface area contributed by atoms with Crippen LogP contribution in [0.25, 0.3) is 0 Å². The van der Waals surface area contributed by atoms with Gasteiger partial charge in [0.25, 0.3) is 5.91 Å². The lowest BCUT2D eigenvalue weighted by molar-refractivity contribution is -0.142. The van der Waals surface area contributed by atoms with Crippen LogP contribution in [0.5, 0.6) is 23.0 Å². The summed E-state index contributed by atoms with van der Waals surface area (Å²) in [5.74, 6) is 0.572. The Kier molecular flexibility index (Phi) is 7.52. The monoisotopic (exact) mass is 517 g/mol. The Hall–Kier alpha value is -3.50. The molecule has 2 heterocycles. The van der Waals surface area contributed by atoms with Crippen LogP contribution < -0.4 is 29.6 Å². The number of hydrogen-bond acceptors (Lipinski definition) is 8. The predicted molar refractivity (Wildman–Crippen MR) is 132 cm³/mol. The fourth-order valence-corrected chi connectivity index (χ4v) is 5.80. The summed E-state index contributed by atoms with van der Waals surface area (Å²) in [7, 11) is 4.46. The highest BCUT2D eigenvalue weighted by molar-refractivity contribution is 5.91. The second-order valence-electron chi connectivity index (χ2n) is 10.4. The molecule has 1 aromatic carbocycles. The first-order valence-electron chi connectivity index (χ1n) is 12.4. The summed E-state index contributed by atoms with van der Waals surface area (Å²) < 4.78 is 21.7. The molecule has 3 fully saturated rings. The van der Waals surface area contributed by atoms with Gasteiger partial charge in [0, 0.05) is 31.1 Å². The predicted octanol–water partition coefficient (Wildman–Crippen LogP) is 0.784. The van der Waals surface area contributed by atoms with Crippen molar-refractivity contribution in [3.63, 3.8) is 0 Å². The largest absolute Gasteiger partial charge is 0.493 e. The fraction of sp³-hybridized carbons (Fsp3) is 0.615. The van der Waals surface area contributed by atoms with Gasteiger partial charge < -0.3 is 39.3 Å². The molecule has 11 heteroatoms. The highest BCUT2D eigenvalue weighted by atomic mass is 16.5. The minimum atomic E-state index is -0.797. The summed E-state index contributed by atoms with van der Waals surface area (Å²) in [6.45, 7) is 4.87. The Morgan fingerprint density at radius 2 is 1.86 bits per heavy atom. The normalized spacial score (nSPS) is 26.0. The van der Waals surface area contributed by atoms with Gasteiger partial charge >= 0.3 is 0 Å². The minimum Gasteiger partial charge on any atom is -0.493 e. The van der Waals surface area contributed by atoms with Crippen molar-refractivity contribution in [3.8, 4) is 23.0 Å². The molecule has 202 valence electrons. The summed E-state index contributed by atoms with van der Waals surface area (Å²) in [5, 5.41) is 5.53. The molecule has 0 spiro atoms. The van der Waals surface area contributed by atoms with E-state index in [1.54, 1.807) is 12.1 Å². The number of likely N-dealkylation sites (tertiary alicyclic amines) is 1. The van der Waals surface area contributed by atoms with Crippen LogP contribution in [-0.4, -0.2) is 82.0 Å². The maximum Gasteiger partial charge on any atom is 0.261 e. The number of carbonyl (C=O) groups excluding carboxylic acids is 4. The maximum absolute atomic E-state index is 13.4. The molecule has 37 heavy (non-hydrogen) atoms. The van der Waals surface area contributed by atoms with Crippen molar-refractivity contribution in [1.29, 1.82) is 0 Å². The zero-order valence-electron chi connectivity index (χ0n) is 21.9. The number of hydrogen-bond donors (Lipinski definition) is 2. The summed E-state index contributed by atoms with van der Waals surface area (Å²) in [6, 6.07) is 1.68. The van der Waals surface area contributed by atoms with Crippen LogP contribution in [-0.2, 0) is 19.2 Å². The molecular weight excluding hydrogens is 482 g/mol. The number of rotatable bonds is 11. The van der Waals surface area contributed by atoms with Crippen LogP contribution in [0.4, 0.5) is 0 Å². The highest BCUT2D eigenvalue weighted by Crippen LogP contribution is 2.64. The lowest BCUT2D eigenvalue weighted by Crippen LogP contribution is -2.53. The molecule has 4 rings (SSSR count). The second-order valence-corrected chi connectivity index (χ2v) is 10.4. The number of piperidine rings is 1. The van der Waals surface area contributed by atoms with E-state index in [0.29, 0.717) is 48.8 Å². The zero-order chi connectivity index (χ0) is 26.9. The average molecular weight is 518 g/mol. The van der Waals surface area contributed by atoms with Crippen LogP contribution in [0.2, 0.25) is 0 Å². The summed E-state index contributed by atoms with van der Waals surface area (Å²) in [5.41, 5.74) is -0.0849. The molecule has 1 aliphatic carbocycles. The van der Waals surface area contributed by atoms with E-state index in [1.165, 1.54) is 26.2 Å². The van der Waals surface area contributed by atoms with Gasteiger partial charge in [-0.25, -0.2) is 0 Å². The number of carbonyl (C=O) groups is 4. The number of benzene rings is 1. The molecule has 5 atom stereocenters. The van der Waals surface area contributed by atoms with Crippen LogP contribution in [0.3, 0.4) is 0 Å². The molecular formula is C26H35N3O8. The van der Waals surface area contributed by atoms with Crippen molar-refractivity contribution in [3.05, 3.63) is 12.1 Å². The zero-order valence-corrected chi connectivity index (χ0v) is 21.9. The van der Waals surface area contributed by atoms with Gasteiger partial charge in [0.1, 0.15) is 18.1 Å². The molecule has 0 bridgehead atoms. The Bertz CT molecular complexity index is 1050. The lowest BCUT2D eigenvalue weighted by Gasteiger charge is -2.31. The summed E-state index contributed by atoms with van der Waals surface area (Å²) in [4.78, 5) is 51.8. The Balaban J connectivity index is 1.44. The van der Waals surface area contributed by atoms with Crippen molar-refractivity contribution in [2.75, 3.05) is 41.0 Å². The molecule has 1 aromatic rings. The fourth-order valence-electron chi connectivity index (χ4n) is 5.80. The van der Waals surface area contributed by atoms with E-state index in [-0.39, 0.29) is 53.9 Å². The molecule has 1 saturated carbocycles. The number of nitrogens with zero attached hydrogens (tertiary/aromatic N) is 1. The number of amides is 3. The van der Waals surface area contributed by atoms with Gasteiger partial charge in [-0.05, 0) is 30.1 Å². The third kappa shape index (κ3) is 5.03. The molecule has 3 aliphatic rings. The molecule has 2 aliphatic heterocycles. The first-order valence-corrected chi connectivity index (χ1v) is 12.4. The Morgan fingerprint density at radius 1 is 1.19 bits per heavy atom. The van der Waals surface area contributed by atoms with E-state index in [4.69, 9.17) is 18.9 Å². The molecule has 11 nitrogen and oxygen atoms in total. The average Bonchev–Trinajstić information content (AvgIpc) is 3.24. The van der Waals surface area contributed by atoms with Crippen molar-refractivity contribution in [2.24, 2.45) is 23.2 Å². The van der Waals surface area contributed by atoms with Crippen molar-refractivity contribution >= 4 is 24.0 Å². The molecule has 0 radical (unpaired) electrons. The van der Waals surface area contributed by atoms with Crippen LogP contribution in [0.1, 0.15) is 26.7 Å². The first-order chi connectivity index (χ1) is 17.7. The van der Waals surface area contributed by atoms with E-state index >= 15 is 0 Å². The number of aldehydes is 1. The van der Waals surface area contributed by atoms with E-state index in [9.17, 15) is 19.2 Å². The maximum atomic E-state index is 13.4. The second kappa shape index (κ2) is 10.5. The van der Waals surface area contributed by atoms with Crippen molar-refractivity contribution < 1.29 is 38.1 Å². The minimum absolute atomic E-state index is 0.0142. The molecule has 3 amide bonds. The summed E-state index contributed by atoms with van der Waals surface area (Å²) in [6.07, 6.45) is 1.53. The molecule has 1 unspecified atom stereocenters. The molecule has 0 aromatic heterocycles.